The number of halogens is 3. The first-order valence-electron chi connectivity index (χ1n) is 6.04. The molecule has 0 saturated heterocycles. The monoisotopic (exact) mass is 350 g/mol. The summed E-state index contributed by atoms with van der Waals surface area (Å²) in [6.45, 7) is 0. The summed E-state index contributed by atoms with van der Waals surface area (Å²) in [5, 5.41) is 3.84. The molecular weight excluding hydrogens is 342 g/mol. The van der Waals surface area contributed by atoms with Crippen molar-refractivity contribution in [2.45, 2.75) is 0 Å². The first-order valence-corrected chi connectivity index (χ1v) is 6.83. The first-order chi connectivity index (χ1) is 10.1. The van der Waals surface area contributed by atoms with E-state index in [0.29, 0.717) is 11.1 Å². The number of anilines is 1. The molecule has 6 heteroatoms. The maximum atomic E-state index is 14.0. The average molecular weight is 351 g/mol. The van der Waals surface area contributed by atoms with Crippen LogP contribution < -0.4 is 5.73 Å². The predicted molar refractivity (Wildman–Crippen MR) is 79.4 cm³/mol. The second-order valence-electron chi connectivity index (χ2n) is 4.35. The standard InChI is InChI=1S/C15H9BrF2N2O/c16-13-9(5-3-7-11(13)18)14-12(15(19)21-20-14)8-4-1-2-6-10(8)17/h1-7H,19H2. The van der Waals surface area contributed by atoms with Gasteiger partial charge < -0.3 is 10.3 Å². The molecule has 0 aliphatic carbocycles. The number of aromatic nitrogens is 1. The van der Waals surface area contributed by atoms with Crippen LogP contribution in [0.3, 0.4) is 0 Å². The van der Waals surface area contributed by atoms with Crippen molar-refractivity contribution >= 4 is 21.8 Å². The highest BCUT2D eigenvalue weighted by Crippen LogP contribution is 2.40. The van der Waals surface area contributed by atoms with E-state index < -0.39 is 11.6 Å². The lowest BCUT2D eigenvalue weighted by Gasteiger charge is -2.06. The predicted octanol–water partition coefficient (Wildman–Crippen LogP) is 4.63. The van der Waals surface area contributed by atoms with E-state index in [1.54, 1.807) is 24.3 Å². The van der Waals surface area contributed by atoms with Crippen molar-refractivity contribution in [3.05, 3.63) is 58.6 Å². The minimum absolute atomic E-state index is 0.0220. The zero-order valence-corrected chi connectivity index (χ0v) is 12.2. The Morgan fingerprint density at radius 2 is 1.62 bits per heavy atom. The van der Waals surface area contributed by atoms with Gasteiger partial charge in [-0.1, -0.05) is 35.5 Å². The number of benzene rings is 2. The Balaban J connectivity index is 2.28. The van der Waals surface area contributed by atoms with E-state index in [2.05, 4.69) is 21.1 Å². The largest absolute Gasteiger partial charge is 0.367 e. The Kier molecular flexibility index (Phi) is 3.47. The van der Waals surface area contributed by atoms with Gasteiger partial charge in [-0.15, -0.1) is 0 Å². The fraction of sp³-hybridized carbons (Fsp3) is 0. The molecule has 0 unspecified atom stereocenters. The van der Waals surface area contributed by atoms with E-state index in [4.69, 9.17) is 10.3 Å². The lowest BCUT2D eigenvalue weighted by molar-refractivity contribution is 0.439. The number of nitrogen functional groups attached to an aromatic ring is 1. The zero-order valence-electron chi connectivity index (χ0n) is 10.6. The van der Waals surface area contributed by atoms with Crippen LogP contribution in [-0.4, -0.2) is 5.16 Å². The van der Waals surface area contributed by atoms with Crippen molar-refractivity contribution in [1.82, 2.24) is 5.16 Å². The third-order valence-electron chi connectivity index (χ3n) is 3.07. The molecule has 1 aromatic heterocycles. The lowest BCUT2D eigenvalue weighted by atomic mass is 10.0. The molecule has 1 heterocycles. The zero-order chi connectivity index (χ0) is 15.0. The molecule has 0 spiro atoms. The summed E-state index contributed by atoms with van der Waals surface area (Å²) >= 11 is 3.16. The Bertz CT molecular complexity index is 817. The number of nitrogens with two attached hydrogens (primary N) is 1. The van der Waals surface area contributed by atoms with Crippen LogP contribution in [0.2, 0.25) is 0 Å². The van der Waals surface area contributed by atoms with Gasteiger partial charge in [0.15, 0.2) is 0 Å². The molecule has 0 aliphatic heterocycles. The van der Waals surface area contributed by atoms with Crippen molar-refractivity contribution in [2.24, 2.45) is 0 Å². The molecule has 106 valence electrons. The van der Waals surface area contributed by atoms with Gasteiger partial charge in [0.05, 0.1) is 10.0 Å². The summed E-state index contributed by atoms with van der Waals surface area (Å²) in [5.74, 6) is -0.930. The SMILES string of the molecule is Nc1onc(-c2cccc(F)c2Br)c1-c1ccccc1F. The minimum Gasteiger partial charge on any atom is -0.367 e. The van der Waals surface area contributed by atoms with Gasteiger partial charge in [-0.05, 0) is 28.1 Å². The van der Waals surface area contributed by atoms with E-state index >= 15 is 0 Å². The Labute approximate surface area is 127 Å². The number of nitrogens with zero attached hydrogens (tertiary/aromatic N) is 1. The molecule has 0 bridgehead atoms. The third-order valence-corrected chi connectivity index (χ3v) is 3.87. The average Bonchev–Trinajstić information content (AvgIpc) is 2.84. The van der Waals surface area contributed by atoms with Crippen LogP contribution in [0.4, 0.5) is 14.7 Å². The molecule has 3 nitrogen and oxygen atoms in total. The highest BCUT2D eigenvalue weighted by atomic mass is 79.9. The molecule has 0 saturated carbocycles. The molecular formula is C15H9BrF2N2O. The van der Waals surface area contributed by atoms with Gasteiger partial charge in [-0.2, -0.15) is 0 Å². The Hall–Kier alpha value is -2.21. The van der Waals surface area contributed by atoms with Crippen LogP contribution in [0.25, 0.3) is 22.4 Å². The number of rotatable bonds is 2. The maximum Gasteiger partial charge on any atom is 0.230 e. The van der Waals surface area contributed by atoms with Crippen LogP contribution in [-0.2, 0) is 0 Å². The summed E-state index contributed by atoms with van der Waals surface area (Å²) in [6, 6.07) is 10.6. The number of hydrogen-bond acceptors (Lipinski definition) is 3. The van der Waals surface area contributed by atoms with Crippen molar-refractivity contribution in [2.75, 3.05) is 5.73 Å². The second kappa shape index (κ2) is 5.29. The van der Waals surface area contributed by atoms with Gasteiger partial charge in [-0.25, -0.2) is 8.78 Å². The van der Waals surface area contributed by atoms with Crippen molar-refractivity contribution < 1.29 is 13.3 Å². The number of hydrogen-bond donors (Lipinski definition) is 1. The van der Waals surface area contributed by atoms with Gasteiger partial charge in [0, 0.05) is 11.1 Å². The van der Waals surface area contributed by atoms with E-state index in [-0.39, 0.29) is 21.6 Å². The summed E-state index contributed by atoms with van der Waals surface area (Å²) in [4.78, 5) is 0. The molecule has 0 fully saturated rings. The molecule has 0 aliphatic rings. The van der Waals surface area contributed by atoms with E-state index in [9.17, 15) is 8.78 Å². The van der Waals surface area contributed by atoms with E-state index in [1.807, 2.05) is 0 Å². The van der Waals surface area contributed by atoms with Gasteiger partial charge in [-0.3, -0.25) is 0 Å². The summed E-state index contributed by atoms with van der Waals surface area (Å²) in [7, 11) is 0. The molecule has 0 atom stereocenters. The van der Waals surface area contributed by atoms with Crippen molar-refractivity contribution in [3.8, 4) is 22.4 Å². The van der Waals surface area contributed by atoms with Gasteiger partial charge in [0.1, 0.15) is 17.3 Å². The van der Waals surface area contributed by atoms with Crippen molar-refractivity contribution in [1.29, 1.82) is 0 Å². The fourth-order valence-electron chi connectivity index (χ4n) is 2.10. The summed E-state index contributed by atoms with van der Waals surface area (Å²) in [5.41, 5.74) is 7.04. The quantitative estimate of drug-likeness (QED) is 0.732. The van der Waals surface area contributed by atoms with E-state index in [0.717, 1.165) is 0 Å². The van der Waals surface area contributed by atoms with Crippen molar-refractivity contribution in [3.63, 3.8) is 0 Å². The third kappa shape index (κ3) is 2.31. The molecule has 3 rings (SSSR count). The van der Waals surface area contributed by atoms with Crippen LogP contribution in [0.5, 0.6) is 0 Å². The Morgan fingerprint density at radius 3 is 2.38 bits per heavy atom. The molecule has 2 N–H and O–H groups in total. The van der Waals surface area contributed by atoms with Gasteiger partial charge in [0.2, 0.25) is 5.88 Å². The van der Waals surface area contributed by atoms with Crippen LogP contribution >= 0.6 is 15.9 Å². The van der Waals surface area contributed by atoms with Gasteiger partial charge >= 0.3 is 0 Å². The molecule has 21 heavy (non-hydrogen) atoms. The van der Waals surface area contributed by atoms with E-state index in [1.165, 1.54) is 18.2 Å². The lowest BCUT2D eigenvalue weighted by Crippen LogP contribution is -1.92. The molecule has 2 aromatic carbocycles. The van der Waals surface area contributed by atoms with Crippen LogP contribution in [0.1, 0.15) is 0 Å². The molecule has 3 aromatic rings. The molecule has 0 amide bonds. The van der Waals surface area contributed by atoms with Crippen LogP contribution in [0.15, 0.2) is 51.5 Å². The first kappa shape index (κ1) is 13.8. The van der Waals surface area contributed by atoms with Crippen LogP contribution in [0, 0.1) is 11.6 Å². The smallest absolute Gasteiger partial charge is 0.230 e. The topological polar surface area (TPSA) is 52.0 Å². The summed E-state index contributed by atoms with van der Waals surface area (Å²) in [6.07, 6.45) is 0. The highest BCUT2D eigenvalue weighted by molar-refractivity contribution is 9.10. The van der Waals surface area contributed by atoms with Gasteiger partial charge in [0.25, 0.3) is 0 Å². The fourth-order valence-corrected chi connectivity index (χ4v) is 2.55. The minimum atomic E-state index is -0.457. The molecule has 0 radical (unpaired) electrons. The summed E-state index contributed by atoms with van der Waals surface area (Å²) < 4.78 is 32.9. The normalized spacial score (nSPS) is 10.8. The Morgan fingerprint density at radius 1 is 0.952 bits per heavy atom. The maximum absolute atomic E-state index is 14.0. The highest BCUT2D eigenvalue weighted by Gasteiger charge is 2.22. The second-order valence-corrected chi connectivity index (χ2v) is 5.14.